The molecular formula is C31H36Zr. The SMILES string of the molecule is [Zr+2]=[C](CC1CCCC1)CC1CCCC1.[c-]1cccc2c1Cc1ccccc1-2.c1cc[cH-]c1. The summed E-state index contributed by atoms with van der Waals surface area (Å²) in [6.45, 7) is 0. The van der Waals surface area contributed by atoms with E-state index in [2.05, 4.69) is 42.5 Å². The minimum absolute atomic E-state index is 1.05. The maximum Gasteiger partial charge on any atom is -0.0253 e. The van der Waals surface area contributed by atoms with Crippen molar-refractivity contribution < 1.29 is 24.2 Å². The Bertz CT molecular complexity index is 859. The Morgan fingerprint density at radius 1 is 0.781 bits per heavy atom. The van der Waals surface area contributed by atoms with Gasteiger partial charge in [-0.15, -0.1) is 5.56 Å². The summed E-state index contributed by atoms with van der Waals surface area (Å²) in [6, 6.07) is 28.1. The molecule has 0 saturated heterocycles. The van der Waals surface area contributed by atoms with Gasteiger partial charge in [0.25, 0.3) is 0 Å². The van der Waals surface area contributed by atoms with E-state index in [0.717, 1.165) is 18.3 Å². The monoisotopic (exact) mass is 498 g/mol. The molecule has 0 atom stereocenters. The molecule has 3 aliphatic carbocycles. The number of benzene rings is 2. The molecule has 0 radical (unpaired) electrons. The molecule has 3 aliphatic rings. The predicted molar refractivity (Wildman–Crippen MR) is 134 cm³/mol. The second kappa shape index (κ2) is 12.7. The summed E-state index contributed by atoms with van der Waals surface area (Å²) >= 11 is 1.74. The van der Waals surface area contributed by atoms with Crippen LogP contribution in [-0.2, 0) is 30.7 Å². The van der Waals surface area contributed by atoms with Crippen molar-refractivity contribution in [2.75, 3.05) is 0 Å². The standard InChI is InChI=1S/C13H9.C13H22.C5H5.Zr/c1-3-7-12-10(5-1)9-11-6-2-4-8-13(11)12;1-2-7-12(6-1)10-5-11-13-8-3-4-9-13;1-2-4-5-3-1;/h1-5,7-8H,9H2;12-13H,1-4,6-11H2;1-5H;/q-1;;-1;+2. The molecule has 0 nitrogen and oxygen atoms in total. The van der Waals surface area contributed by atoms with E-state index < -0.39 is 0 Å². The van der Waals surface area contributed by atoms with E-state index in [4.69, 9.17) is 0 Å². The van der Waals surface area contributed by atoms with Gasteiger partial charge in [0.2, 0.25) is 0 Å². The summed E-state index contributed by atoms with van der Waals surface area (Å²) < 4.78 is 1.90. The Morgan fingerprint density at radius 2 is 1.38 bits per heavy atom. The van der Waals surface area contributed by atoms with Gasteiger partial charge < -0.3 is 0 Å². The first-order valence-corrected chi connectivity index (χ1v) is 13.8. The van der Waals surface area contributed by atoms with Crippen molar-refractivity contribution in [1.82, 2.24) is 0 Å². The van der Waals surface area contributed by atoms with E-state index in [1.807, 2.05) is 39.6 Å². The Morgan fingerprint density at radius 3 is 1.97 bits per heavy atom. The summed E-state index contributed by atoms with van der Waals surface area (Å²) in [5, 5.41) is 0. The van der Waals surface area contributed by atoms with Crippen LogP contribution in [0.4, 0.5) is 0 Å². The third-order valence-corrected chi connectivity index (χ3v) is 8.20. The van der Waals surface area contributed by atoms with E-state index in [1.54, 1.807) is 24.2 Å². The quantitative estimate of drug-likeness (QED) is 0.248. The predicted octanol–water partition coefficient (Wildman–Crippen LogP) is 8.33. The van der Waals surface area contributed by atoms with E-state index in [-0.39, 0.29) is 0 Å². The van der Waals surface area contributed by atoms with E-state index >= 15 is 0 Å². The van der Waals surface area contributed by atoms with Crippen LogP contribution in [-0.4, -0.2) is 3.21 Å². The van der Waals surface area contributed by atoms with E-state index in [1.165, 1.54) is 86.5 Å². The molecule has 1 heteroatoms. The van der Waals surface area contributed by atoms with Crippen LogP contribution in [0.15, 0.2) is 72.8 Å². The molecule has 0 N–H and O–H groups in total. The van der Waals surface area contributed by atoms with E-state index in [0.29, 0.717) is 0 Å². The third-order valence-electron chi connectivity index (χ3n) is 7.19. The second-order valence-electron chi connectivity index (χ2n) is 9.67. The van der Waals surface area contributed by atoms with Gasteiger partial charge in [-0.25, -0.2) is 12.1 Å². The van der Waals surface area contributed by atoms with Gasteiger partial charge in [-0.3, -0.25) is 0 Å². The molecule has 2 saturated carbocycles. The Hall–Kier alpha value is -1.46. The van der Waals surface area contributed by atoms with Gasteiger partial charge in [0, 0.05) is 0 Å². The Kier molecular flexibility index (Phi) is 9.40. The molecule has 6 rings (SSSR count). The van der Waals surface area contributed by atoms with Crippen LogP contribution in [0.25, 0.3) is 11.1 Å². The first kappa shape index (κ1) is 23.7. The van der Waals surface area contributed by atoms with Crippen LogP contribution in [0.3, 0.4) is 0 Å². The first-order chi connectivity index (χ1) is 15.8. The number of hydrogen-bond acceptors (Lipinski definition) is 0. The van der Waals surface area contributed by atoms with Crippen molar-refractivity contribution in [2.24, 2.45) is 11.8 Å². The average molecular weight is 500 g/mol. The zero-order valence-corrected chi connectivity index (χ0v) is 21.8. The van der Waals surface area contributed by atoms with Crippen molar-refractivity contribution in [1.29, 1.82) is 0 Å². The maximum absolute atomic E-state index is 3.30. The molecule has 0 unspecified atom stereocenters. The van der Waals surface area contributed by atoms with Crippen molar-refractivity contribution in [3.05, 3.63) is 90.0 Å². The Labute approximate surface area is 210 Å². The maximum atomic E-state index is 3.30. The third kappa shape index (κ3) is 7.02. The normalized spacial score (nSPS) is 17.1. The molecule has 32 heavy (non-hydrogen) atoms. The van der Waals surface area contributed by atoms with Crippen LogP contribution >= 0.6 is 0 Å². The van der Waals surface area contributed by atoms with Gasteiger partial charge in [0.1, 0.15) is 0 Å². The molecule has 2 fully saturated rings. The van der Waals surface area contributed by atoms with E-state index in [9.17, 15) is 0 Å². The smallest absolute Gasteiger partial charge is 0.0253 e. The van der Waals surface area contributed by atoms with Crippen LogP contribution in [0.5, 0.6) is 0 Å². The van der Waals surface area contributed by atoms with Crippen LogP contribution in [0.1, 0.15) is 75.3 Å². The van der Waals surface area contributed by atoms with Crippen LogP contribution in [0, 0.1) is 17.9 Å². The van der Waals surface area contributed by atoms with Gasteiger partial charge in [-0.1, -0.05) is 35.4 Å². The largest absolute Gasteiger partial charge is 0.214 e. The minimum atomic E-state index is 1.05. The summed E-state index contributed by atoms with van der Waals surface area (Å²) in [6.07, 6.45) is 16.2. The molecular weight excluding hydrogens is 464 g/mol. The van der Waals surface area contributed by atoms with Gasteiger partial charge in [-0.2, -0.15) is 48.0 Å². The van der Waals surface area contributed by atoms with Gasteiger partial charge in [-0.05, 0) is 6.42 Å². The molecule has 3 aromatic rings. The molecule has 0 heterocycles. The summed E-state index contributed by atoms with van der Waals surface area (Å²) in [5.41, 5.74) is 5.51. The molecule has 0 bridgehead atoms. The van der Waals surface area contributed by atoms with Gasteiger partial charge in [0.05, 0.1) is 0 Å². The number of fused-ring (bicyclic) bond motifs is 3. The fraction of sp³-hybridized carbons (Fsp3) is 0.419. The van der Waals surface area contributed by atoms with Crippen molar-refractivity contribution in [2.45, 2.75) is 70.6 Å². The fourth-order valence-electron chi connectivity index (χ4n) is 5.53. The zero-order chi connectivity index (χ0) is 22.0. The van der Waals surface area contributed by atoms with Gasteiger partial charge >= 0.3 is 103 Å². The Balaban J connectivity index is 0.000000127. The molecule has 0 aromatic heterocycles. The van der Waals surface area contributed by atoms with Crippen molar-refractivity contribution >= 4 is 3.21 Å². The number of hydrogen-bond donors (Lipinski definition) is 0. The minimum Gasteiger partial charge on any atom is -0.214 e. The molecule has 164 valence electrons. The number of rotatable bonds is 4. The summed E-state index contributed by atoms with van der Waals surface area (Å²) in [7, 11) is 0. The van der Waals surface area contributed by atoms with Crippen LogP contribution in [0.2, 0.25) is 0 Å². The summed E-state index contributed by atoms with van der Waals surface area (Å²) in [5.74, 6) is 2.18. The molecule has 0 spiro atoms. The van der Waals surface area contributed by atoms with Crippen molar-refractivity contribution in [3.63, 3.8) is 0 Å². The topological polar surface area (TPSA) is 0 Å². The van der Waals surface area contributed by atoms with Crippen molar-refractivity contribution in [3.8, 4) is 11.1 Å². The first-order valence-electron chi connectivity index (χ1n) is 12.6. The molecule has 3 aromatic carbocycles. The summed E-state index contributed by atoms with van der Waals surface area (Å²) in [4.78, 5) is 0. The molecule has 0 aliphatic heterocycles. The molecule has 0 amide bonds. The fourth-order valence-corrected chi connectivity index (χ4v) is 6.95. The zero-order valence-electron chi connectivity index (χ0n) is 19.4. The second-order valence-corrected chi connectivity index (χ2v) is 11.4. The average Bonchev–Trinajstić information content (AvgIpc) is 3.63. The van der Waals surface area contributed by atoms with Crippen LogP contribution < -0.4 is 0 Å². The van der Waals surface area contributed by atoms with Gasteiger partial charge in [0.15, 0.2) is 0 Å².